The summed E-state index contributed by atoms with van der Waals surface area (Å²) in [6.07, 6.45) is 2.63. The van der Waals surface area contributed by atoms with E-state index in [4.69, 9.17) is 0 Å². The molecule has 0 bridgehead atoms. The molecule has 2 fully saturated rings. The molecular formula is C17H32N4O3S. The van der Waals surface area contributed by atoms with E-state index in [2.05, 4.69) is 20.5 Å². The molecule has 1 spiro atoms. The second kappa shape index (κ2) is 7.51. The number of rotatable bonds is 4. The SMILES string of the molecule is CCNC(=NCCS(=O)(=O)C(C)(C)C)N1CCCC2(CNC(=O)C2)C1. The van der Waals surface area contributed by atoms with Gasteiger partial charge in [0.1, 0.15) is 0 Å². The standard InChI is InChI=1S/C17H32N4O3S/c1-5-18-15(19-8-10-25(23,24)16(2,3)4)21-9-6-7-17(13-21)11-14(22)20-12-17/h5-13H2,1-4H3,(H,18,19)(H,20,22). The predicted molar refractivity (Wildman–Crippen MR) is 100 cm³/mol. The molecule has 0 aliphatic carbocycles. The molecule has 7 nitrogen and oxygen atoms in total. The Bertz CT molecular complexity index is 624. The predicted octanol–water partition coefficient (Wildman–Crippen LogP) is 0.767. The van der Waals surface area contributed by atoms with E-state index in [-0.39, 0.29) is 23.6 Å². The quantitative estimate of drug-likeness (QED) is 0.562. The first kappa shape index (κ1) is 20.0. The van der Waals surface area contributed by atoms with E-state index in [0.29, 0.717) is 6.42 Å². The van der Waals surface area contributed by atoms with E-state index in [1.165, 1.54) is 0 Å². The van der Waals surface area contributed by atoms with Crippen LogP contribution in [-0.2, 0) is 14.6 Å². The number of aliphatic imine (C=N–C) groups is 1. The molecule has 2 aliphatic heterocycles. The van der Waals surface area contributed by atoms with Gasteiger partial charge in [0.15, 0.2) is 15.8 Å². The van der Waals surface area contributed by atoms with Crippen LogP contribution in [0.5, 0.6) is 0 Å². The Morgan fingerprint density at radius 3 is 2.68 bits per heavy atom. The zero-order valence-electron chi connectivity index (χ0n) is 15.9. The van der Waals surface area contributed by atoms with Crippen molar-refractivity contribution in [3.8, 4) is 0 Å². The average Bonchev–Trinajstić information content (AvgIpc) is 2.85. The van der Waals surface area contributed by atoms with Gasteiger partial charge in [0, 0.05) is 38.0 Å². The molecule has 0 aromatic heterocycles. The summed E-state index contributed by atoms with van der Waals surface area (Å²) >= 11 is 0. The molecule has 1 atom stereocenters. The Hall–Kier alpha value is -1.31. The van der Waals surface area contributed by atoms with Crippen LogP contribution >= 0.6 is 0 Å². The third-order valence-corrected chi connectivity index (χ3v) is 7.63. The van der Waals surface area contributed by atoms with Gasteiger partial charge in [0.2, 0.25) is 5.91 Å². The van der Waals surface area contributed by atoms with Crippen LogP contribution in [0.25, 0.3) is 0 Å². The summed E-state index contributed by atoms with van der Waals surface area (Å²) in [5, 5.41) is 6.22. The van der Waals surface area contributed by atoms with E-state index in [0.717, 1.165) is 45.0 Å². The van der Waals surface area contributed by atoms with Crippen molar-refractivity contribution in [1.29, 1.82) is 0 Å². The highest BCUT2D eigenvalue weighted by molar-refractivity contribution is 7.92. The number of likely N-dealkylation sites (tertiary alicyclic amines) is 1. The van der Waals surface area contributed by atoms with Gasteiger partial charge in [-0.15, -0.1) is 0 Å². The van der Waals surface area contributed by atoms with Gasteiger partial charge in [0.05, 0.1) is 17.0 Å². The lowest BCUT2D eigenvalue weighted by molar-refractivity contribution is -0.119. The first-order valence-electron chi connectivity index (χ1n) is 9.11. The molecule has 8 heteroatoms. The highest BCUT2D eigenvalue weighted by atomic mass is 32.2. The Morgan fingerprint density at radius 1 is 1.40 bits per heavy atom. The monoisotopic (exact) mass is 372 g/mol. The van der Waals surface area contributed by atoms with Gasteiger partial charge in [-0.05, 0) is 40.5 Å². The van der Waals surface area contributed by atoms with Crippen molar-refractivity contribution in [3.63, 3.8) is 0 Å². The maximum Gasteiger partial charge on any atom is 0.220 e. The average molecular weight is 373 g/mol. The van der Waals surface area contributed by atoms with Crippen LogP contribution < -0.4 is 10.6 Å². The summed E-state index contributed by atoms with van der Waals surface area (Å²) in [5.41, 5.74) is -0.0109. The van der Waals surface area contributed by atoms with Crippen molar-refractivity contribution < 1.29 is 13.2 Å². The molecule has 0 aromatic carbocycles. The lowest BCUT2D eigenvalue weighted by Gasteiger charge is -2.40. The van der Waals surface area contributed by atoms with Crippen LogP contribution in [-0.4, -0.2) is 68.4 Å². The number of nitrogens with one attached hydrogen (secondary N) is 2. The van der Waals surface area contributed by atoms with Gasteiger partial charge in [-0.25, -0.2) is 8.42 Å². The number of carbonyl (C=O) groups excluding carboxylic acids is 1. The van der Waals surface area contributed by atoms with E-state index >= 15 is 0 Å². The van der Waals surface area contributed by atoms with Crippen molar-refractivity contribution in [1.82, 2.24) is 15.5 Å². The number of amides is 1. The van der Waals surface area contributed by atoms with Crippen molar-refractivity contribution in [3.05, 3.63) is 0 Å². The maximum atomic E-state index is 12.3. The van der Waals surface area contributed by atoms with Crippen LogP contribution in [0.3, 0.4) is 0 Å². The van der Waals surface area contributed by atoms with E-state index in [1.807, 2.05) is 6.92 Å². The Balaban J connectivity index is 2.05. The summed E-state index contributed by atoms with van der Waals surface area (Å²) in [6.45, 7) is 10.5. The minimum atomic E-state index is -3.18. The smallest absolute Gasteiger partial charge is 0.220 e. The van der Waals surface area contributed by atoms with Gasteiger partial charge in [-0.1, -0.05) is 0 Å². The zero-order chi connectivity index (χ0) is 18.7. The molecule has 0 saturated carbocycles. The molecule has 2 aliphatic rings. The minimum Gasteiger partial charge on any atom is -0.357 e. The van der Waals surface area contributed by atoms with Gasteiger partial charge >= 0.3 is 0 Å². The molecular weight excluding hydrogens is 340 g/mol. The summed E-state index contributed by atoms with van der Waals surface area (Å²) in [5.74, 6) is 0.926. The first-order chi connectivity index (χ1) is 11.6. The fourth-order valence-corrected chi connectivity index (χ4v) is 4.38. The Morgan fingerprint density at radius 2 is 2.12 bits per heavy atom. The second-order valence-electron chi connectivity index (χ2n) is 8.15. The van der Waals surface area contributed by atoms with Crippen LogP contribution in [0.1, 0.15) is 47.0 Å². The number of guanidine groups is 1. The highest BCUT2D eigenvalue weighted by Crippen LogP contribution is 2.36. The van der Waals surface area contributed by atoms with Crippen molar-refractivity contribution in [2.75, 3.05) is 38.5 Å². The molecule has 144 valence electrons. The number of hydrogen-bond donors (Lipinski definition) is 2. The summed E-state index contributed by atoms with van der Waals surface area (Å²) in [7, 11) is -3.18. The number of nitrogens with zero attached hydrogens (tertiary/aromatic N) is 2. The molecule has 2 heterocycles. The highest BCUT2D eigenvalue weighted by Gasteiger charge is 2.42. The first-order valence-corrected chi connectivity index (χ1v) is 10.8. The lowest BCUT2D eigenvalue weighted by atomic mass is 9.79. The van der Waals surface area contributed by atoms with Gasteiger partial charge in [-0.3, -0.25) is 9.79 Å². The van der Waals surface area contributed by atoms with Crippen LogP contribution in [0.15, 0.2) is 4.99 Å². The molecule has 2 rings (SSSR count). The largest absolute Gasteiger partial charge is 0.357 e. The molecule has 1 unspecified atom stereocenters. The number of piperidine rings is 1. The van der Waals surface area contributed by atoms with E-state index in [1.54, 1.807) is 20.8 Å². The summed E-state index contributed by atoms with van der Waals surface area (Å²) in [4.78, 5) is 18.4. The lowest BCUT2D eigenvalue weighted by Crippen LogP contribution is -2.51. The maximum absolute atomic E-state index is 12.3. The van der Waals surface area contributed by atoms with Crippen molar-refractivity contribution >= 4 is 21.7 Å². The fraction of sp³-hybridized carbons (Fsp3) is 0.882. The molecule has 2 N–H and O–H groups in total. The van der Waals surface area contributed by atoms with Crippen LogP contribution in [0.4, 0.5) is 0 Å². The Kier molecular flexibility index (Phi) is 6.01. The van der Waals surface area contributed by atoms with Crippen LogP contribution in [0.2, 0.25) is 0 Å². The zero-order valence-corrected chi connectivity index (χ0v) is 16.7. The van der Waals surface area contributed by atoms with Gasteiger partial charge in [0.25, 0.3) is 0 Å². The number of sulfone groups is 1. The molecule has 25 heavy (non-hydrogen) atoms. The minimum absolute atomic E-state index is 0.0109. The third kappa shape index (κ3) is 4.86. The summed E-state index contributed by atoms with van der Waals surface area (Å²) < 4.78 is 23.8. The third-order valence-electron chi connectivity index (χ3n) is 5.05. The Labute approximate surface area is 151 Å². The van der Waals surface area contributed by atoms with Gasteiger partial charge < -0.3 is 15.5 Å². The molecule has 2 saturated heterocycles. The number of carbonyl (C=O) groups is 1. The number of hydrogen-bond acceptors (Lipinski definition) is 4. The normalized spacial score (nSPS) is 25.4. The van der Waals surface area contributed by atoms with E-state index in [9.17, 15) is 13.2 Å². The van der Waals surface area contributed by atoms with Gasteiger partial charge in [-0.2, -0.15) is 0 Å². The van der Waals surface area contributed by atoms with Crippen LogP contribution in [0, 0.1) is 5.41 Å². The second-order valence-corrected chi connectivity index (χ2v) is 11.0. The van der Waals surface area contributed by atoms with Crippen molar-refractivity contribution in [2.24, 2.45) is 10.4 Å². The topological polar surface area (TPSA) is 90.9 Å². The van der Waals surface area contributed by atoms with E-state index < -0.39 is 14.6 Å². The molecule has 0 aromatic rings. The summed E-state index contributed by atoms with van der Waals surface area (Å²) in [6, 6.07) is 0. The van der Waals surface area contributed by atoms with Crippen molar-refractivity contribution in [2.45, 2.75) is 51.7 Å². The molecule has 0 radical (unpaired) electrons. The fourth-order valence-electron chi connectivity index (χ4n) is 3.43. The molecule has 1 amide bonds.